The second-order valence-electron chi connectivity index (χ2n) is 4.39. The average Bonchev–Trinajstić information content (AvgIpc) is 2.45. The van der Waals surface area contributed by atoms with Crippen LogP contribution >= 0.6 is 0 Å². The number of ether oxygens (including phenoxy) is 1. The molecule has 0 spiro atoms. The van der Waals surface area contributed by atoms with E-state index >= 15 is 0 Å². The molecule has 0 aromatic carbocycles. The Kier molecular flexibility index (Phi) is 4.04. The van der Waals surface area contributed by atoms with Gasteiger partial charge in [-0.2, -0.15) is 5.10 Å². The predicted molar refractivity (Wildman–Crippen MR) is 59.8 cm³/mol. The summed E-state index contributed by atoms with van der Waals surface area (Å²) >= 11 is 0. The molecule has 0 saturated carbocycles. The van der Waals surface area contributed by atoms with E-state index in [1.807, 2.05) is 13.8 Å². The van der Waals surface area contributed by atoms with Crippen molar-refractivity contribution in [2.75, 3.05) is 13.7 Å². The standard InChI is InChI=1S/C11H18N2O3/c1-7(2)6-13-11(15)9(8(3)12-13)5-10(14)16-4/h7,9H,5-6H2,1-4H3. The van der Waals surface area contributed by atoms with Gasteiger partial charge in [0.15, 0.2) is 0 Å². The fourth-order valence-electron chi connectivity index (χ4n) is 1.63. The SMILES string of the molecule is COC(=O)CC1C(=O)N(CC(C)C)N=C1C. The number of nitrogens with zero attached hydrogens (tertiary/aromatic N) is 2. The highest BCUT2D eigenvalue weighted by Crippen LogP contribution is 2.20. The molecule has 0 saturated heterocycles. The van der Waals surface area contributed by atoms with E-state index in [4.69, 9.17) is 0 Å². The molecule has 1 aliphatic rings. The van der Waals surface area contributed by atoms with Crippen molar-refractivity contribution in [3.05, 3.63) is 0 Å². The molecule has 0 N–H and O–H groups in total. The third-order valence-electron chi connectivity index (χ3n) is 2.47. The van der Waals surface area contributed by atoms with Gasteiger partial charge in [-0.3, -0.25) is 9.59 Å². The first-order chi connectivity index (χ1) is 7.45. The summed E-state index contributed by atoms with van der Waals surface area (Å²) in [5.74, 6) is -0.556. The third-order valence-corrected chi connectivity index (χ3v) is 2.47. The second kappa shape index (κ2) is 5.09. The molecule has 0 radical (unpaired) electrons. The molecule has 0 bridgehead atoms. The lowest BCUT2D eigenvalue weighted by atomic mass is 10.0. The number of hydrazone groups is 1. The van der Waals surface area contributed by atoms with Crippen molar-refractivity contribution in [1.82, 2.24) is 5.01 Å². The van der Waals surface area contributed by atoms with Gasteiger partial charge < -0.3 is 4.74 Å². The lowest BCUT2D eigenvalue weighted by Gasteiger charge is -2.15. The van der Waals surface area contributed by atoms with Gasteiger partial charge in [-0.1, -0.05) is 13.8 Å². The Balaban J connectivity index is 2.66. The fourth-order valence-corrected chi connectivity index (χ4v) is 1.63. The second-order valence-corrected chi connectivity index (χ2v) is 4.39. The van der Waals surface area contributed by atoms with E-state index in [0.717, 1.165) is 0 Å². The highest BCUT2D eigenvalue weighted by Gasteiger charge is 2.35. The van der Waals surface area contributed by atoms with Crippen LogP contribution in [-0.4, -0.2) is 36.3 Å². The summed E-state index contributed by atoms with van der Waals surface area (Å²) in [5.41, 5.74) is 0.691. The zero-order valence-electron chi connectivity index (χ0n) is 10.2. The number of rotatable bonds is 4. The smallest absolute Gasteiger partial charge is 0.306 e. The zero-order chi connectivity index (χ0) is 12.3. The average molecular weight is 226 g/mol. The maximum absolute atomic E-state index is 11.9. The molecule has 90 valence electrons. The first-order valence-electron chi connectivity index (χ1n) is 5.39. The van der Waals surface area contributed by atoms with Crippen molar-refractivity contribution in [1.29, 1.82) is 0 Å². The van der Waals surface area contributed by atoms with Crippen LogP contribution in [0.4, 0.5) is 0 Å². The highest BCUT2D eigenvalue weighted by molar-refractivity contribution is 6.08. The van der Waals surface area contributed by atoms with Crippen LogP contribution in [0.5, 0.6) is 0 Å². The van der Waals surface area contributed by atoms with Crippen molar-refractivity contribution in [3.8, 4) is 0 Å². The maximum Gasteiger partial charge on any atom is 0.306 e. The summed E-state index contributed by atoms with van der Waals surface area (Å²) in [7, 11) is 1.32. The van der Waals surface area contributed by atoms with Gasteiger partial charge in [-0.25, -0.2) is 5.01 Å². The molecule has 0 aromatic rings. The lowest BCUT2D eigenvalue weighted by molar-refractivity contribution is -0.144. The van der Waals surface area contributed by atoms with Crippen LogP contribution in [0.1, 0.15) is 27.2 Å². The molecule has 0 aliphatic carbocycles. The van der Waals surface area contributed by atoms with Crippen molar-refractivity contribution in [2.45, 2.75) is 27.2 Å². The van der Waals surface area contributed by atoms with E-state index in [9.17, 15) is 9.59 Å². The molecule has 0 aromatic heterocycles. The number of hydrogen-bond donors (Lipinski definition) is 0. The van der Waals surface area contributed by atoms with E-state index in [1.54, 1.807) is 6.92 Å². The Morgan fingerprint density at radius 3 is 2.69 bits per heavy atom. The number of esters is 1. The van der Waals surface area contributed by atoms with E-state index in [2.05, 4.69) is 9.84 Å². The number of carbonyl (C=O) groups is 2. The Morgan fingerprint density at radius 2 is 2.19 bits per heavy atom. The molecule has 1 unspecified atom stereocenters. The first-order valence-corrected chi connectivity index (χ1v) is 5.39. The summed E-state index contributed by atoms with van der Waals surface area (Å²) in [6.07, 6.45) is 0.0826. The van der Waals surface area contributed by atoms with Crippen molar-refractivity contribution < 1.29 is 14.3 Å². The minimum absolute atomic E-state index is 0.0826. The Labute approximate surface area is 95.4 Å². The van der Waals surface area contributed by atoms with Crippen molar-refractivity contribution in [2.24, 2.45) is 16.9 Å². The van der Waals surface area contributed by atoms with Crippen molar-refractivity contribution >= 4 is 17.6 Å². The molecule has 1 atom stereocenters. The molecular weight excluding hydrogens is 208 g/mol. The van der Waals surface area contributed by atoms with Crippen LogP contribution in [0, 0.1) is 11.8 Å². The van der Waals surface area contributed by atoms with Crippen LogP contribution in [0.25, 0.3) is 0 Å². The van der Waals surface area contributed by atoms with Gasteiger partial charge in [-0.05, 0) is 12.8 Å². The Hall–Kier alpha value is -1.39. The van der Waals surface area contributed by atoms with Gasteiger partial charge >= 0.3 is 5.97 Å². The summed E-state index contributed by atoms with van der Waals surface area (Å²) in [6.45, 7) is 6.40. The lowest BCUT2D eigenvalue weighted by Crippen LogP contribution is -2.31. The molecule has 1 heterocycles. The minimum Gasteiger partial charge on any atom is -0.469 e. The van der Waals surface area contributed by atoms with E-state index in [1.165, 1.54) is 12.1 Å². The van der Waals surface area contributed by atoms with Crippen molar-refractivity contribution in [3.63, 3.8) is 0 Å². The van der Waals surface area contributed by atoms with Gasteiger partial charge in [0.1, 0.15) is 0 Å². The van der Waals surface area contributed by atoms with E-state index in [-0.39, 0.29) is 18.3 Å². The van der Waals surface area contributed by atoms with Gasteiger partial charge in [0.2, 0.25) is 0 Å². The first kappa shape index (κ1) is 12.7. The quantitative estimate of drug-likeness (QED) is 0.673. The molecule has 16 heavy (non-hydrogen) atoms. The van der Waals surface area contributed by atoms with E-state index in [0.29, 0.717) is 18.2 Å². The molecule has 0 fully saturated rings. The molecule has 5 nitrogen and oxygen atoms in total. The third kappa shape index (κ3) is 2.81. The summed E-state index contributed by atoms with van der Waals surface area (Å²) < 4.78 is 4.56. The van der Waals surface area contributed by atoms with Crippen LogP contribution in [0.2, 0.25) is 0 Å². The Morgan fingerprint density at radius 1 is 1.56 bits per heavy atom. The van der Waals surface area contributed by atoms with Crippen LogP contribution in [0.3, 0.4) is 0 Å². The normalized spacial score (nSPS) is 20.3. The predicted octanol–water partition coefficient (Wildman–Crippen LogP) is 1.04. The van der Waals surface area contributed by atoms with Gasteiger partial charge in [-0.15, -0.1) is 0 Å². The number of amides is 1. The van der Waals surface area contributed by atoms with Crippen LogP contribution in [0.15, 0.2) is 5.10 Å². The molecule has 1 aliphatic heterocycles. The minimum atomic E-state index is -0.439. The fraction of sp³-hybridized carbons (Fsp3) is 0.727. The molecular formula is C11H18N2O3. The monoisotopic (exact) mass is 226 g/mol. The topological polar surface area (TPSA) is 59.0 Å². The van der Waals surface area contributed by atoms with Gasteiger partial charge in [0, 0.05) is 12.3 Å². The molecule has 5 heteroatoms. The summed E-state index contributed by atoms with van der Waals surface area (Å²) in [5, 5.41) is 5.62. The Bertz CT molecular complexity index is 323. The van der Waals surface area contributed by atoms with Gasteiger partial charge in [0.25, 0.3) is 5.91 Å². The number of methoxy groups -OCH3 is 1. The summed E-state index contributed by atoms with van der Waals surface area (Å²) in [4.78, 5) is 23.0. The van der Waals surface area contributed by atoms with Gasteiger partial charge in [0.05, 0.1) is 19.4 Å². The largest absolute Gasteiger partial charge is 0.469 e. The van der Waals surface area contributed by atoms with Crippen LogP contribution < -0.4 is 0 Å². The molecule has 1 amide bonds. The molecule has 1 rings (SSSR count). The zero-order valence-corrected chi connectivity index (χ0v) is 10.2. The van der Waals surface area contributed by atoms with E-state index < -0.39 is 5.92 Å². The van der Waals surface area contributed by atoms with Crippen LogP contribution in [-0.2, 0) is 14.3 Å². The maximum atomic E-state index is 11.9. The highest BCUT2D eigenvalue weighted by atomic mass is 16.5. The number of hydrogen-bond acceptors (Lipinski definition) is 4. The summed E-state index contributed by atoms with van der Waals surface area (Å²) in [6, 6.07) is 0. The number of carbonyl (C=O) groups excluding carboxylic acids is 2.